The second-order valence-electron chi connectivity index (χ2n) is 11.2. The van der Waals surface area contributed by atoms with Crippen molar-refractivity contribution in [3.8, 4) is 0 Å². The van der Waals surface area contributed by atoms with Gasteiger partial charge in [0.05, 0.1) is 14.7 Å². The van der Waals surface area contributed by atoms with Crippen molar-refractivity contribution < 1.29 is 25.3 Å². The first-order valence-corrected chi connectivity index (χ1v) is 19.2. The molecule has 4 aromatic rings. The van der Waals surface area contributed by atoms with Crippen molar-refractivity contribution in [3.63, 3.8) is 0 Å². The Kier molecular flexibility index (Phi) is 11.6. The number of hydrogen-bond donors (Lipinski definition) is 3. The maximum Gasteiger partial charge on any atom is 0.241 e. The molecule has 0 unspecified atom stereocenters. The summed E-state index contributed by atoms with van der Waals surface area (Å²) >= 11 is 0. The third-order valence-electron chi connectivity index (χ3n) is 7.45. The fraction of sp³-hybridized carbons (Fsp3) is 0.312. The van der Waals surface area contributed by atoms with Crippen LogP contribution >= 0.6 is 0 Å². The lowest BCUT2D eigenvalue weighted by Crippen LogP contribution is -2.43. The fourth-order valence-corrected chi connectivity index (χ4v) is 8.20. The summed E-state index contributed by atoms with van der Waals surface area (Å²) in [6.07, 6.45) is 0. The average molecular weight is 688 g/mol. The molecule has 0 bridgehead atoms. The van der Waals surface area contributed by atoms with E-state index in [0.29, 0.717) is 5.39 Å². The number of anilines is 1. The van der Waals surface area contributed by atoms with E-state index in [4.69, 9.17) is 0 Å². The first-order chi connectivity index (χ1) is 21.7. The highest BCUT2D eigenvalue weighted by molar-refractivity contribution is 7.90. The molecule has 0 aliphatic heterocycles. The summed E-state index contributed by atoms with van der Waals surface area (Å²) in [7, 11) is -7.66. The molecule has 0 heterocycles. The summed E-state index contributed by atoms with van der Waals surface area (Å²) < 4.78 is 85.9. The molecule has 0 aliphatic rings. The van der Waals surface area contributed by atoms with Gasteiger partial charge in [-0.2, -0.15) is 0 Å². The van der Waals surface area contributed by atoms with Crippen molar-refractivity contribution in [2.24, 2.45) is 0 Å². The van der Waals surface area contributed by atoms with Crippen LogP contribution < -0.4 is 19.1 Å². The smallest absolute Gasteiger partial charge is 0.241 e. The Morgan fingerprint density at radius 3 is 1.39 bits per heavy atom. The van der Waals surface area contributed by atoms with Gasteiger partial charge in [-0.1, -0.05) is 59.7 Å². The van der Waals surface area contributed by atoms with Crippen molar-refractivity contribution >= 4 is 46.5 Å². The molecule has 0 amide bonds. The first-order valence-electron chi connectivity index (χ1n) is 14.7. The van der Waals surface area contributed by atoms with Gasteiger partial charge in [0.15, 0.2) is 0 Å². The number of benzene rings is 4. The zero-order chi connectivity index (χ0) is 33.5. The molecule has 14 heteroatoms. The Morgan fingerprint density at radius 2 is 0.935 bits per heavy atom. The van der Waals surface area contributed by atoms with Crippen LogP contribution in [0.25, 0.3) is 10.8 Å². The van der Waals surface area contributed by atoms with Gasteiger partial charge in [0.2, 0.25) is 30.1 Å². The average Bonchev–Trinajstić information content (AvgIpc) is 3.00. The number of hydrogen-bond acceptors (Lipinski definition) is 8. The number of aryl methyl sites for hydroxylation is 2. The Balaban J connectivity index is 1.44. The summed E-state index contributed by atoms with van der Waals surface area (Å²) in [6, 6.07) is 23.6. The quantitative estimate of drug-likeness (QED) is 0.163. The minimum atomic E-state index is -3.91. The van der Waals surface area contributed by atoms with E-state index in [9.17, 15) is 25.3 Å². The second kappa shape index (κ2) is 15.0. The van der Waals surface area contributed by atoms with Crippen LogP contribution in [0.5, 0.6) is 0 Å². The lowest BCUT2D eigenvalue weighted by atomic mass is 10.1. The first kappa shape index (κ1) is 35.5. The highest BCUT2D eigenvalue weighted by Gasteiger charge is 2.20. The third-order valence-corrected chi connectivity index (χ3v) is 11.9. The van der Waals surface area contributed by atoms with E-state index in [2.05, 4.69) is 14.2 Å². The van der Waals surface area contributed by atoms with E-state index < -0.39 is 30.1 Å². The van der Waals surface area contributed by atoms with Crippen LogP contribution in [0.15, 0.2) is 99.6 Å². The Labute approximate surface area is 272 Å². The molecule has 248 valence electrons. The van der Waals surface area contributed by atoms with Gasteiger partial charge in [0.25, 0.3) is 0 Å². The van der Waals surface area contributed by atoms with Gasteiger partial charge in [-0.15, -0.1) is 0 Å². The highest BCUT2D eigenvalue weighted by Crippen LogP contribution is 2.30. The van der Waals surface area contributed by atoms with E-state index in [-0.39, 0.29) is 54.0 Å². The maximum absolute atomic E-state index is 13.4. The molecule has 0 saturated carbocycles. The molecule has 0 saturated heterocycles. The van der Waals surface area contributed by atoms with E-state index in [0.717, 1.165) is 22.2 Å². The summed E-state index contributed by atoms with van der Waals surface area (Å²) in [5.41, 5.74) is 2.76. The summed E-state index contributed by atoms with van der Waals surface area (Å²) in [4.78, 5) is 4.14. The van der Waals surface area contributed by atoms with E-state index in [1.165, 1.54) is 24.3 Å². The van der Waals surface area contributed by atoms with Crippen molar-refractivity contribution in [2.75, 3.05) is 58.3 Å². The van der Waals surface area contributed by atoms with Crippen LogP contribution in [0.4, 0.5) is 5.69 Å². The molecule has 0 aliphatic carbocycles. The molecule has 11 nitrogen and oxygen atoms in total. The number of fused-ring (bicyclic) bond motifs is 1. The largest absolute Gasteiger partial charge is 0.377 e. The molecule has 0 atom stereocenters. The van der Waals surface area contributed by atoms with Gasteiger partial charge in [-0.3, -0.25) is 4.90 Å². The Bertz CT molecular complexity index is 1880. The van der Waals surface area contributed by atoms with E-state index >= 15 is 0 Å². The SMILES string of the molecule is Cc1ccc(S(=O)(=O)NCCN(CCNS(=O)(=O)c2ccc(C)cc2)CCNS(=O)(=O)c2cccc3c(N(C)C)cccc23)cc1. The summed E-state index contributed by atoms with van der Waals surface area (Å²) in [5.74, 6) is 0. The molecule has 0 fully saturated rings. The zero-order valence-corrected chi connectivity index (χ0v) is 28.8. The summed E-state index contributed by atoms with van der Waals surface area (Å²) in [6.45, 7) is 4.43. The molecule has 4 aromatic carbocycles. The topological polar surface area (TPSA) is 145 Å². The van der Waals surface area contributed by atoms with Crippen molar-refractivity contribution in [1.29, 1.82) is 0 Å². The normalized spacial score (nSPS) is 12.5. The molecule has 4 rings (SSSR count). The van der Waals surface area contributed by atoms with Crippen LogP contribution in [0.2, 0.25) is 0 Å². The molecule has 0 spiro atoms. The standard InChI is InChI=1S/C32H41N5O6S3/c1-25-11-15-27(16-12-25)44(38,39)33-19-22-37(23-20-34-45(40,41)28-17-13-26(2)14-18-28)24-21-35-46(42,43)32-10-6-7-29-30(32)8-5-9-31(29)36(3)4/h5-18,33-35H,19-24H2,1-4H3. The minimum Gasteiger partial charge on any atom is -0.377 e. The molecule has 3 N–H and O–H groups in total. The lowest BCUT2D eigenvalue weighted by molar-refractivity contribution is 0.287. The molecule has 46 heavy (non-hydrogen) atoms. The van der Waals surface area contributed by atoms with Crippen LogP contribution in [0.1, 0.15) is 11.1 Å². The molecule has 0 radical (unpaired) electrons. The monoisotopic (exact) mass is 687 g/mol. The van der Waals surface area contributed by atoms with Crippen molar-refractivity contribution in [1.82, 2.24) is 19.1 Å². The molecule has 0 aromatic heterocycles. The van der Waals surface area contributed by atoms with Gasteiger partial charge >= 0.3 is 0 Å². The minimum absolute atomic E-state index is 0.0154. The van der Waals surface area contributed by atoms with E-state index in [1.807, 2.05) is 51.0 Å². The van der Waals surface area contributed by atoms with E-state index in [1.54, 1.807) is 47.4 Å². The highest BCUT2D eigenvalue weighted by atomic mass is 32.2. The number of nitrogens with one attached hydrogen (secondary N) is 3. The van der Waals surface area contributed by atoms with Crippen LogP contribution in [-0.2, 0) is 30.1 Å². The molecular weight excluding hydrogens is 647 g/mol. The van der Waals surface area contributed by atoms with Gasteiger partial charge < -0.3 is 4.90 Å². The fourth-order valence-electron chi connectivity index (χ4n) is 4.92. The maximum atomic E-state index is 13.4. The zero-order valence-electron chi connectivity index (χ0n) is 26.4. The number of sulfonamides is 3. The summed E-state index contributed by atoms with van der Waals surface area (Å²) in [5, 5.41) is 1.40. The predicted octanol–water partition coefficient (Wildman–Crippen LogP) is 3.06. The number of nitrogens with zero attached hydrogens (tertiary/aromatic N) is 2. The third kappa shape index (κ3) is 9.12. The second-order valence-corrected chi connectivity index (χ2v) is 16.5. The van der Waals surface area contributed by atoms with Crippen LogP contribution in [0, 0.1) is 13.8 Å². The predicted molar refractivity (Wildman–Crippen MR) is 183 cm³/mol. The van der Waals surface area contributed by atoms with Crippen LogP contribution in [-0.4, -0.2) is 83.5 Å². The lowest BCUT2D eigenvalue weighted by Gasteiger charge is -2.23. The van der Waals surface area contributed by atoms with Crippen LogP contribution in [0.3, 0.4) is 0 Å². The Hall–Kier alpha value is -3.37. The van der Waals surface area contributed by atoms with Crippen molar-refractivity contribution in [2.45, 2.75) is 28.5 Å². The van der Waals surface area contributed by atoms with Gasteiger partial charge in [0, 0.05) is 69.8 Å². The Morgan fingerprint density at radius 1 is 0.522 bits per heavy atom. The molecular formula is C32H41N5O6S3. The van der Waals surface area contributed by atoms with Gasteiger partial charge in [-0.05, 0) is 50.2 Å². The van der Waals surface area contributed by atoms with Crippen molar-refractivity contribution in [3.05, 3.63) is 96.1 Å². The van der Waals surface area contributed by atoms with Gasteiger partial charge in [0.1, 0.15) is 0 Å². The van der Waals surface area contributed by atoms with Gasteiger partial charge in [-0.25, -0.2) is 39.4 Å². The number of rotatable bonds is 16.